The molecule has 28 heavy (non-hydrogen) atoms. The highest BCUT2D eigenvalue weighted by molar-refractivity contribution is 7.88. The zero-order valence-corrected chi connectivity index (χ0v) is 16.8. The first-order valence-electron chi connectivity index (χ1n) is 9.31. The molecule has 0 saturated carbocycles. The van der Waals surface area contributed by atoms with E-state index in [-0.39, 0.29) is 36.4 Å². The van der Waals surface area contributed by atoms with E-state index in [2.05, 4.69) is 10.0 Å². The molecular weight excluding hydrogens is 380 g/mol. The fraction of sp³-hybridized carbons (Fsp3) is 0.450. The molecule has 1 heterocycles. The Kier molecular flexibility index (Phi) is 6.66. The van der Waals surface area contributed by atoms with Gasteiger partial charge in [-0.1, -0.05) is 50.3 Å². The molecule has 1 aromatic rings. The van der Waals surface area contributed by atoms with E-state index in [4.69, 9.17) is 9.47 Å². The van der Waals surface area contributed by atoms with Crippen LogP contribution in [-0.4, -0.2) is 45.8 Å². The number of carbonyl (C=O) groups is 1. The van der Waals surface area contributed by atoms with Crippen molar-refractivity contribution in [1.82, 2.24) is 4.72 Å². The molecule has 1 aliphatic carbocycles. The Bertz CT molecular complexity index is 863. The number of ether oxygens (including phenoxy) is 2. The van der Waals surface area contributed by atoms with Crippen molar-refractivity contribution >= 4 is 21.6 Å². The van der Waals surface area contributed by atoms with E-state index in [0.29, 0.717) is 17.8 Å². The predicted molar refractivity (Wildman–Crippen MR) is 107 cm³/mol. The monoisotopic (exact) mass is 406 g/mol. The molecule has 0 radical (unpaired) electrons. The molecule has 0 bridgehead atoms. The van der Waals surface area contributed by atoms with Gasteiger partial charge in [0.05, 0.1) is 12.4 Å². The van der Waals surface area contributed by atoms with Gasteiger partial charge in [0, 0.05) is 12.2 Å². The summed E-state index contributed by atoms with van der Waals surface area (Å²) in [5.74, 6) is -0.237. The second kappa shape index (κ2) is 9.00. The summed E-state index contributed by atoms with van der Waals surface area (Å²) in [6.07, 6.45) is 6.34. The van der Waals surface area contributed by atoms with Crippen molar-refractivity contribution in [1.29, 1.82) is 0 Å². The number of allylic oxidation sites excluding steroid dienone is 2. The highest BCUT2D eigenvalue weighted by Gasteiger charge is 2.33. The molecule has 0 unspecified atom stereocenters. The Morgan fingerprint density at radius 1 is 1.21 bits per heavy atom. The lowest BCUT2D eigenvalue weighted by Gasteiger charge is -2.34. The molecule has 2 N–H and O–H groups in total. The normalized spacial score (nSPS) is 24.2. The number of benzene rings is 1. The van der Waals surface area contributed by atoms with E-state index < -0.39 is 16.1 Å². The summed E-state index contributed by atoms with van der Waals surface area (Å²) in [6.45, 7) is 4.44. The first-order chi connectivity index (χ1) is 13.3. The second-order valence-corrected chi connectivity index (χ2v) is 9.15. The topological polar surface area (TPSA) is 93.7 Å². The first kappa shape index (κ1) is 20.7. The third kappa shape index (κ3) is 5.75. The van der Waals surface area contributed by atoms with Crippen LogP contribution in [-0.2, 0) is 30.0 Å². The smallest absolute Gasteiger partial charge is 0.255 e. The number of hydrogen-bond acceptors (Lipinski definition) is 5. The van der Waals surface area contributed by atoms with Crippen molar-refractivity contribution in [3.63, 3.8) is 0 Å². The number of hydrogen-bond donors (Lipinski definition) is 2. The van der Waals surface area contributed by atoms with Gasteiger partial charge in [0.1, 0.15) is 12.2 Å². The second-order valence-electron chi connectivity index (χ2n) is 7.35. The Morgan fingerprint density at radius 3 is 2.71 bits per heavy atom. The van der Waals surface area contributed by atoms with E-state index in [9.17, 15) is 13.2 Å². The highest BCUT2D eigenvalue weighted by Crippen LogP contribution is 2.21. The van der Waals surface area contributed by atoms with Crippen LogP contribution < -0.4 is 10.0 Å². The van der Waals surface area contributed by atoms with Crippen LogP contribution in [0, 0.1) is 5.92 Å². The van der Waals surface area contributed by atoms with Gasteiger partial charge in [-0.3, -0.25) is 4.79 Å². The molecule has 1 fully saturated rings. The van der Waals surface area contributed by atoms with Crippen LogP contribution in [0.2, 0.25) is 0 Å². The standard InChI is InChI=1S/C20H26N2O5S/c1-14(2)11-21-28(24,25)13-15-6-5-7-16(10-15)22-20(23)19-12-26-17-8-3-4-9-18(17)27-19/h3-10,14,17-19,21H,11-13H2,1-2H3,(H,22,23)/t17-,18-,19+/m1/s1. The molecule has 1 amide bonds. The van der Waals surface area contributed by atoms with Gasteiger partial charge in [0.2, 0.25) is 10.0 Å². The number of amides is 1. The van der Waals surface area contributed by atoms with Gasteiger partial charge < -0.3 is 14.8 Å². The zero-order valence-electron chi connectivity index (χ0n) is 16.0. The van der Waals surface area contributed by atoms with Crippen molar-refractivity contribution in [3.05, 3.63) is 54.1 Å². The van der Waals surface area contributed by atoms with Crippen LogP contribution in [0.4, 0.5) is 5.69 Å². The lowest BCUT2D eigenvalue weighted by molar-refractivity contribution is -0.164. The minimum atomic E-state index is -3.43. The summed E-state index contributed by atoms with van der Waals surface area (Å²) in [6, 6.07) is 6.80. The van der Waals surface area contributed by atoms with Crippen LogP contribution >= 0.6 is 0 Å². The van der Waals surface area contributed by atoms with Crippen LogP contribution in [0.1, 0.15) is 19.4 Å². The fourth-order valence-electron chi connectivity index (χ4n) is 2.93. The summed E-state index contributed by atoms with van der Waals surface area (Å²) >= 11 is 0. The van der Waals surface area contributed by atoms with Gasteiger partial charge in [0.15, 0.2) is 6.10 Å². The van der Waals surface area contributed by atoms with Crippen LogP contribution in [0.3, 0.4) is 0 Å². The number of sulfonamides is 1. The van der Waals surface area contributed by atoms with E-state index in [0.717, 1.165) is 0 Å². The molecule has 1 aromatic carbocycles. The van der Waals surface area contributed by atoms with E-state index >= 15 is 0 Å². The maximum Gasteiger partial charge on any atom is 0.255 e. The zero-order chi connectivity index (χ0) is 20.1. The number of anilines is 1. The number of fused-ring (bicyclic) bond motifs is 1. The van der Waals surface area contributed by atoms with Gasteiger partial charge in [0.25, 0.3) is 5.91 Å². The Labute approximate surface area is 165 Å². The Hall–Kier alpha value is -2.00. The van der Waals surface area contributed by atoms with Gasteiger partial charge in [-0.25, -0.2) is 13.1 Å². The maximum absolute atomic E-state index is 12.5. The third-order valence-corrected chi connectivity index (χ3v) is 5.67. The number of nitrogens with one attached hydrogen (secondary N) is 2. The molecule has 3 rings (SSSR count). The van der Waals surface area contributed by atoms with Crippen molar-refractivity contribution < 1.29 is 22.7 Å². The van der Waals surface area contributed by atoms with Crippen LogP contribution in [0.25, 0.3) is 0 Å². The average Bonchev–Trinajstić information content (AvgIpc) is 2.66. The minimum absolute atomic E-state index is 0.145. The van der Waals surface area contributed by atoms with E-state index in [1.54, 1.807) is 24.3 Å². The predicted octanol–water partition coefficient (Wildman–Crippen LogP) is 1.98. The summed E-state index contributed by atoms with van der Waals surface area (Å²) in [4.78, 5) is 12.5. The lowest BCUT2D eigenvalue weighted by atomic mass is 10.1. The summed E-state index contributed by atoms with van der Waals surface area (Å²) in [5, 5.41) is 2.78. The number of rotatable bonds is 7. The quantitative estimate of drug-likeness (QED) is 0.722. The Balaban J connectivity index is 1.59. The van der Waals surface area contributed by atoms with Gasteiger partial charge in [-0.15, -0.1) is 0 Å². The molecular formula is C20H26N2O5S. The molecule has 1 saturated heterocycles. The molecule has 2 aliphatic rings. The van der Waals surface area contributed by atoms with Crippen molar-refractivity contribution in [2.75, 3.05) is 18.5 Å². The molecule has 1 aliphatic heterocycles. The first-order valence-corrected chi connectivity index (χ1v) is 11.0. The molecule has 0 aromatic heterocycles. The van der Waals surface area contributed by atoms with Gasteiger partial charge in [-0.05, 0) is 23.6 Å². The lowest BCUT2D eigenvalue weighted by Crippen LogP contribution is -2.47. The fourth-order valence-corrected chi connectivity index (χ4v) is 4.24. The minimum Gasteiger partial charge on any atom is -0.368 e. The van der Waals surface area contributed by atoms with Crippen molar-refractivity contribution in [3.8, 4) is 0 Å². The summed E-state index contributed by atoms with van der Waals surface area (Å²) < 4.78 is 38.4. The maximum atomic E-state index is 12.5. The van der Waals surface area contributed by atoms with Crippen molar-refractivity contribution in [2.24, 2.45) is 5.92 Å². The van der Waals surface area contributed by atoms with Crippen molar-refractivity contribution in [2.45, 2.75) is 37.9 Å². The third-order valence-electron chi connectivity index (χ3n) is 4.35. The van der Waals surface area contributed by atoms with E-state index in [1.165, 1.54) is 0 Å². The van der Waals surface area contributed by atoms with Gasteiger partial charge >= 0.3 is 0 Å². The molecule has 152 valence electrons. The summed E-state index contributed by atoms with van der Waals surface area (Å²) in [7, 11) is -3.43. The summed E-state index contributed by atoms with van der Waals surface area (Å²) in [5.41, 5.74) is 1.11. The molecule has 0 spiro atoms. The largest absolute Gasteiger partial charge is 0.368 e. The van der Waals surface area contributed by atoms with Crippen LogP contribution in [0.5, 0.6) is 0 Å². The number of carbonyl (C=O) groups excluding carboxylic acids is 1. The van der Waals surface area contributed by atoms with Crippen LogP contribution in [0.15, 0.2) is 48.6 Å². The molecule has 7 nitrogen and oxygen atoms in total. The Morgan fingerprint density at radius 2 is 1.96 bits per heavy atom. The molecule has 3 atom stereocenters. The molecule has 8 heteroatoms. The van der Waals surface area contributed by atoms with Gasteiger partial charge in [-0.2, -0.15) is 0 Å². The van der Waals surface area contributed by atoms with E-state index in [1.807, 2.05) is 38.2 Å². The highest BCUT2D eigenvalue weighted by atomic mass is 32.2. The average molecular weight is 407 g/mol. The SMILES string of the molecule is CC(C)CNS(=O)(=O)Cc1cccc(NC(=O)[C@@H]2CO[C@@H]3C=CC=C[C@H]3O2)c1.